The van der Waals surface area contributed by atoms with Crippen LogP contribution in [0.4, 0.5) is 15.1 Å². The molecule has 34 heavy (non-hydrogen) atoms. The van der Waals surface area contributed by atoms with Gasteiger partial charge in [-0.2, -0.15) is 0 Å². The number of nitrogens with zero attached hydrogens (tertiary/aromatic N) is 4. The summed E-state index contributed by atoms with van der Waals surface area (Å²) in [5.74, 6) is -0.203. The van der Waals surface area contributed by atoms with Gasteiger partial charge in [0.2, 0.25) is 5.95 Å². The number of imidazole rings is 1. The van der Waals surface area contributed by atoms with Crippen molar-refractivity contribution in [1.82, 2.24) is 19.5 Å². The Kier molecular flexibility index (Phi) is 6.67. The van der Waals surface area contributed by atoms with Crippen LogP contribution < -0.4 is 5.32 Å². The van der Waals surface area contributed by atoms with Crippen LogP contribution in [0, 0.1) is 11.2 Å². The van der Waals surface area contributed by atoms with Crippen LogP contribution in [0.2, 0.25) is 0 Å². The van der Waals surface area contributed by atoms with Crippen LogP contribution in [-0.2, 0) is 17.9 Å². The van der Waals surface area contributed by atoms with Gasteiger partial charge in [-0.25, -0.2) is 24.1 Å². The first-order chi connectivity index (χ1) is 16.3. The predicted octanol–water partition coefficient (Wildman–Crippen LogP) is 5.94. The largest absolute Gasteiger partial charge is 0.444 e. The molecule has 2 aromatic carbocycles. The fraction of sp³-hybridized carbons (Fsp3) is 0.231. The molecule has 0 aliphatic heterocycles. The molecule has 8 heteroatoms. The quantitative estimate of drug-likeness (QED) is 0.386. The van der Waals surface area contributed by atoms with Gasteiger partial charge in [0.05, 0.1) is 23.4 Å². The number of anilines is 1. The van der Waals surface area contributed by atoms with E-state index in [9.17, 15) is 9.18 Å². The fourth-order valence-electron chi connectivity index (χ4n) is 3.50. The van der Waals surface area contributed by atoms with Gasteiger partial charge in [-0.1, -0.05) is 51.1 Å². The summed E-state index contributed by atoms with van der Waals surface area (Å²) in [6.45, 7) is 7.21. The Morgan fingerprint density at radius 1 is 1.03 bits per heavy atom. The molecule has 0 saturated carbocycles. The normalized spacial score (nSPS) is 11.3. The molecule has 0 aliphatic rings. The van der Waals surface area contributed by atoms with Gasteiger partial charge < -0.3 is 9.30 Å². The van der Waals surface area contributed by atoms with E-state index in [2.05, 4.69) is 41.0 Å². The second-order valence-corrected chi connectivity index (χ2v) is 9.09. The summed E-state index contributed by atoms with van der Waals surface area (Å²) >= 11 is 0. The third-order valence-electron chi connectivity index (χ3n) is 4.92. The number of halogens is 1. The Balaban J connectivity index is 1.61. The summed E-state index contributed by atoms with van der Waals surface area (Å²) in [6.07, 6.45) is 2.67. The van der Waals surface area contributed by atoms with Gasteiger partial charge in [0, 0.05) is 18.3 Å². The maximum atomic E-state index is 13.5. The minimum atomic E-state index is -0.650. The van der Waals surface area contributed by atoms with Crippen molar-refractivity contribution in [2.24, 2.45) is 5.41 Å². The van der Waals surface area contributed by atoms with Crippen LogP contribution in [0.25, 0.3) is 22.6 Å². The molecule has 1 amide bonds. The van der Waals surface area contributed by atoms with E-state index in [1.807, 2.05) is 34.9 Å². The number of hydrogen-bond acceptors (Lipinski definition) is 5. The smallest absolute Gasteiger partial charge is 0.414 e. The first-order valence-electron chi connectivity index (χ1n) is 10.9. The molecule has 0 bridgehead atoms. The summed E-state index contributed by atoms with van der Waals surface area (Å²) < 4.78 is 20.8. The number of rotatable bonds is 6. The number of aromatic nitrogens is 4. The van der Waals surface area contributed by atoms with Crippen LogP contribution in [0.1, 0.15) is 26.3 Å². The highest BCUT2D eigenvalue weighted by atomic mass is 19.1. The zero-order chi connectivity index (χ0) is 24.1. The molecule has 4 rings (SSSR count). The minimum absolute atomic E-state index is 0.0229. The number of carbonyl (C=O) groups is 1. The van der Waals surface area contributed by atoms with Gasteiger partial charge >= 0.3 is 6.09 Å². The molecule has 0 atom stereocenters. The van der Waals surface area contributed by atoms with Crippen molar-refractivity contribution in [2.75, 3.05) is 5.32 Å². The standard InChI is InChI=1S/C26H26FN5O2/c1-26(2,3)16-32-17-29-22(19-9-11-20(27)12-10-19)23(32)21-13-14-28-24(30-21)31-25(33)34-15-18-7-5-4-6-8-18/h4-14,17H,15-16H2,1-3H3,(H,28,30,31,33). The number of ether oxygens (including phenoxy) is 1. The molecule has 0 saturated heterocycles. The van der Waals surface area contributed by atoms with E-state index in [1.165, 1.54) is 12.1 Å². The van der Waals surface area contributed by atoms with Crippen LogP contribution in [0.15, 0.2) is 73.2 Å². The van der Waals surface area contributed by atoms with E-state index in [0.717, 1.165) is 16.8 Å². The summed E-state index contributed by atoms with van der Waals surface area (Å²) in [7, 11) is 0. The predicted molar refractivity (Wildman–Crippen MR) is 128 cm³/mol. The fourth-order valence-corrected chi connectivity index (χ4v) is 3.50. The number of carbonyl (C=O) groups excluding carboxylic acids is 1. The molecular formula is C26H26FN5O2. The van der Waals surface area contributed by atoms with Gasteiger partial charge in [0.25, 0.3) is 0 Å². The van der Waals surface area contributed by atoms with E-state index in [-0.39, 0.29) is 23.8 Å². The monoisotopic (exact) mass is 459 g/mol. The molecule has 0 spiro atoms. The zero-order valence-corrected chi connectivity index (χ0v) is 19.3. The van der Waals surface area contributed by atoms with Crippen molar-refractivity contribution < 1.29 is 13.9 Å². The van der Waals surface area contributed by atoms with E-state index >= 15 is 0 Å². The first-order valence-corrected chi connectivity index (χ1v) is 10.9. The lowest BCUT2D eigenvalue weighted by atomic mass is 9.96. The maximum absolute atomic E-state index is 13.5. The lowest BCUT2D eigenvalue weighted by molar-refractivity contribution is 0.155. The summed E-state index contributed by atoms with van der Waals surface area (Å²) in [6, 6.07) is 17.3. The Labute approximate surface area is 197 Å². The summed E-state index contributed by atoms with van der Waals surface area (Å²) in [5.41, 5.74) is 3.62. The molecule has 4 aromatic rings. The molecule has 0 aliphatic carbocycles. The molecule has 2 aromatic heterocycles. The van der Waals surface area contributed by atoms with Crippen LogP contribution >= 0.6 is 0 Å². The van der Waals surface area contributed by atoms with Crippen molar-refractivity contribution in [2.45, 2.75) is 33.9 Å². The van der Waals surface area contributed by atoms with Crippen molar-refractivity contribution in [3.63, 3.8) is 0 Å². The SMILES string of the molecule is CC(C)(C)Cn1cnc(-c2ccc(F)cc2)c1-c1ccnc(NC(=O)OCc2ccccc2)n1. The van der Waals surface area contributed by atoms with Crippen molar-refractivity contribution >= 4 is 12.0 Å². The van der Waals surface area contributed by atoms with E-state index in [0.29, 0.717) is 17.9 Å². The van der Waals surface area contributed by atoms with Crippen molar-refractivity contribution in [1.29, 1.82) is 0 Å². The van der Waals surface area contributed by atoms with E-state index < -0.39 is 6.09 Å². The topological polar surface area (TPSA) is 81.9 Å². The van der Waals surface area contributed by atoms with Crippen molar-refractivity contribution in [3.05, 3.63) is 84.6 Å². The van der Waals surface area contributed by atoms with Crippen LogP contribution in [-0.4, -0.2) is 25.6 Å². The average molecular weight is 460 g/mol. The van der Waals surface area contributed by atoms with Gasteiger partial charge in [-0.05, 0) is 41.3 Å². The Hall–Kier alpha value is -4.07. The highest BCUT2D eigenvalue weighted by molar-refractivity contribution is 5.83. The van der Waals surface area contributed by atoms with Gasteiger partial charge in [-0.3, -0.25) is 5.32 Å². The number of benzene rings is 2. The Bertz CT molecular complexity index is 1260. The molecule has 2 heterocycles. The summed E-state index contributed by atoms with van der Waals surface area (Å²) in [5, 5.41) is 2.59. The highest BCUT2D eigenvalue weighted by Crippen LogP contribution is 2.32. The number of amides is 1. The first kappa shape index (κ1) is 23.1. The number of hydrogen-bond donors (Lipinski definition) is 1. The van der Waals surface area contributed by atoms with E-state index in [4.69, 9.17) is 4.74 Å². The average Bonchev–Trinajstić information content (AvgIpc) is 3.21. The molecule has 0 fully saturated rings. The molecule has 0 unspecified atom stereocenters. The van der Waals surface area contributed by atoms with Crippen molar-refractivity contribution in [3.8, 4) is 22.6 Å². The number of nitrogens with one attached hydrogen (secondary N) is 1. The third-order valence-corrected chi connectivity index (χ3v) is 4.92. The van der Waals surface area contributed by atoms with Crippen LogP contribution in [0.5, 0.6) is 0 Å². The third kappa shape index (κ3) is 5.83. The second-order valence-electron chi connectivity index (χ2n) is 9.09. The molecule has 7 nitrogen and oxygen atoms in total. The van der Waals surface area contributed by atoms with Crippen LogP contribution in [0.3, 0.4) is 0 Å². The highest BCUT2D eigenvalue weighted by Gasteiger charge is 2.21. The van der Waals surface area contributed by atoms with Gasteiger partial charge in [-0.15, -0.1) is 0 Å². The van der Waals surface area contributed by atoms with E-state index in [1.54, 1.807) is 30.7 Å². The second kappa shape index (κ2) is 9.82. The molecule has 0 radical (unpaired) electrons. The maximum Gasteiger partial charge on any atom is 0.414 e. The Morgan fingerprint density at radius 3 is 2.47 bits per heavy atom. The lowest BCUT2D eigenvalue weighted by Gasteiger charge is -2.21. The molecular weight excluding hydrogens is 433 g/mol. The lowest BCUT2D eigenvalue weighted by Crippen LogP contribution is -2.17. The molecule has 1 N–H and O–H groups in total. The van der Waals surface area contributed by atoms with Gasteiger partial charge in [0.1, 0.15) is 12.4 Å². The zero-order valence-electron chi connectivity index (χ0n) is 19.3. The summed E-state index contributed by atoms with van der Waals surface area (Å²) in [4.78, 5) is 25.6. The Morgan fingerprint density at radius 2 is 1.76 bits per heavy atom. The minimum Gasteiger partial charge on any atom is -0.444 e. The molecule has 174 valence electrons. The van der Waals surface area contributed by atoms with Gasteiger partial charge in [0.15, 0.2) is 0 Å².